The number of amides is 1. The Balaban J connectivity index is 1.59. The quantitative estimate of drug-likeness (QED) is 0.858. The molecule has 1 saturated heterocycles. The van der Waals surface area contributed by atoms with E-state index in [-0.39, 0.29) is 17.5 Å². The standard InChI is InChI=1S/C17H25N3O/c1-17(2,3)20-10-8-19(9-11-20)16(21)15-12-13-6-4-5-7-14(13)18-15/h4-7,15,18H,8-12H2,1-3H3/t15-/m0/s1. The van der Waals surface area contributed by atoms with Gasteiger partial charge >= 0.3 is 0 Å². The van der Waals surface area contributed by atoms with Gasteiger partial charge in [-0.1, -0.05) is 18.2 Å². The van der Waals surface area contributed by atoms with Crippen molar-refractivity contribution in [3.63, 3.8) is 0 Å². The van der Waals surface area contributed by atoms with Crippen molar-refractivity contribution in [3.8, 4) is 0 Å². The molecule has 1 amide bonds. The summed E-state index contributed by atoms with van der Waals surface area (Å²) in [4.78, 5) is 17.1. The molecule has 0 bridgehead atoms. The van der Waals surface area contributed by atoms with Crippen LogP contribution >= 0.6 is 0 Å². The predicted molar refractivity (Wildman–Crippen MR) is 85.5 cm³/mol. The SMILES string of the molecule is CC(C)(C)N1CCN(C(=O)[C@@H]2Cc3ccccc3N2)CC1. The fraction of sp³-hybridized carbons (Fsp3) is 0.588. The van der Waals surface area contributed by atoms with Crippen molar-refractivity contribution in [1.29, 1.82) is 0 Å². The largest absolute Gasteiger partial charge is 0.373 e. The van der Waals surface area contributed by atoms with Crippen LogP contribution < -0.4 is 5.32 Å². The van der Waals surface area contributed by atoms with Crippen LogP contribution in [0.25, 0.3) is 0 Å². The molecule has 2 heterocycles. The van der Waals surface area contributed by atoms with Crippen LogP contribution in [0.5, 0.6) is 0 Å². The lowest BCUT2D eigenvalue weighted by Gasteiger charge is -2.42. The van der Waals surface area contributed by atoms with E-state index in [0.29, 0.717) is 0 Å². The van der Waals surface area contributed by atoms with Crippen molar-refractivity contribution in [3.05, 3.63) is 29.8 Å². The summed E-state index contributed by atoms with van der Waals surface area (Å²) in [5.74, 6) is 0.250. The van der Waals surface area contributed by atoms with E-state index in [9.17, 15) is 4.79 Å². The second-order valence-electron chi connectivity index (χ2n) is 7.04. The van der Waals surface area contributed by atoms with Crippen LogP contribution in [0.1, 0.15) is 26.3 Å². The molecule has 1 aromatic carbocycles. The van der Waals surface area contributed by atoms with Gasteiger partial charge in [-0.05, 0) is 32.4 Å². The summed E-state index contributed by atoms with van der Waals surface area (Å²) in [7, 11) is 0. The smallest absolute Gasteiger partial charge is 0.245 e. The van der Waals surface area contributed by atoms with E-state index in [1.165, 1.54) is 5.56 Å². The van der Waals surface area contributed by atoms with Gasteiger partial charge in [0.1, 0.15) is 6.04 Å². The number of hydrogen-bond acceptors (Lipinski definition) is 3. The minimum atomic E-state index is -0.0800. The zero-order valence-electron chi connectivity index (χ0n) is 13.2. The van der Waals surface area contributed by atoms with Crippen molar-refractivity contribution >= 4 is 11.6 Å². The molecule has 2 aliphatic heterocycles. The highest BCUT2D eigenvalue weighted by atomic mass is 16.2. The maximum absolute atomic E-state index is 12.7. The van der Waals surface area contributed by atoms with Gasteiger partial charge in [-0.2, -0.15) is 0 Å². The van der Waals surface area contributed by atoms with Crippen LogP contribution in [0.15, 0.2) is 24.3 Å². The Morgan fingerprint density at radius 2 is 1.81 bits per heavy atom. The molecule has 1 aromatic rings. The first-order valence-corrected chi connectivity index (χ1v) is 7.83. The number of para-hydroxylation sites is 1. The minimum absolute atomic E-state index is 0.0800. The highest BCUT2D eigenvalue weighted by Crippen LogP contribution is 2.26. The van der Waals surface area contributed by atoms with E-state index < -0.39 is 0 Å². The molecule has 0 radical (unpaired) electrons. The summed E-state index contributed by atoms with van der Waals surface area (Å²) in [6.07, 6.45) is 0.814. The van der Waals surface area contributed by atoms with Crippen molar-refractivity contribution in [2.75, 3.05) is 31.5 Å². The van der Waals surface area contributed by atoms with E-state index in [4.69, 9.17) is 0 Å². The highest BCUT2D eigenvalue weighted by Gasteiger charge is 2.33. The third-order valence-corrected chi connectivity index (χ3v) is 4.61. The monoisotopic (exact) mass is 287 g/mol. The highest BCUT2D eigenvalue weighted by molar-refractivity contribution is 5.87. The number of nitrogens with zero attached hydrogens (tertiary/aromatic N) is 2. The fourth-order valence-electron chi connectivity index (χ4n) is 3.26. The number of carbonyl (C=O) groups is 1. The van der Waals surface area contributed by atoms with Crippen LogP contribution in [-0.4, -0.2) is 53.5 Å². The molecule has 0 aliphatic carbocycles. The average Bonchev–Trinajstić information content (AvgIpc) is 2.89. The summed E-state index contributed by atoms with van der Waals surface area (Å²) in [6, 6.07) is 8.13. The average molecular weight is 287 g/mol. The molecule has 2 aliphatic rings. The van der Waals surface area contributed by atoms with Gasteiger partial charge in [0, 0.05) is 43.8 Å². The normalized spacial score (nSPS) is 22.8. The molecule has 0 spiro atoms. The Hall–Kier alpha value is -1.55. The maximum atomic E-state index is 12.7. The molecule has 1 atom stereocenters. The molecule has 3 rings (SSSR count). The van der Waals surface area contributed by atoms with Crippen LogP contribution in [0.2, 0.25) is 0 Å². The molecule has 4 heteroatoms. The Bertz CT molecular complexity index is 502. The third kappa shape index (κ3) is 2.91. The number of fused-ring (bicyclic) bond motifs is 1. The number of nitrogens with one attached hydrogen (secondary N) is 1. The van der Waals surface area contributed by atoms with Crippen molar-refractivity contribution in [2.45, 2.75) is 38.8 Å². The summed E-state index contributed by atoms with van der Waals surface area (Å²) in [5, 5.41) is 3.37. The number of piperazine rings is 1. The summed E-state index contributed by atoms with van der Waals surface area (Å²) in [5.41, 5.74) is 2.56. The lowest BCUT2D eigenvalue weighted by atomic mass is 10.0. The van der Waals surface area contributed by atoms with Crippen molar-refractivity contribution < 1.29 is 4.79 Å². The van der Waals surface area contributed by atoms with Gasteiger partial charge in [0.15, 0.2) is 0 Å². The Morgan fingerprint density at radius 3 is 2.43 bits per heavy atom. The Kier molecular flexibility index (Phi) is 3.66. The zero-order chi connectivity index (χ0) is 15.0. The first-order valence-electron chi connectivity index (χ1n) is 7.83. The maximum Gasteiger partial charge on any atom is 0.245 e. The number of carbonyl (C=O) groups excluding carboxylic acids is 1. The van der Waals surface area contributed by atoms with Gasteiger partial charge < -0.3 is 10.2 Å². The molecule has 4 nitrogen and oxygen atoms in total. The van der Waals surface area contributed by atoms with Gasteiger partial charge in [0.25, 0.3) is 0 Å². The second kappa shape index (κ2) is 5.34. The zero-order valence-corrected chi connectivity index (χ0v) is 13.2. The molecule has 0 aromatic heterocycles. The molecular formula is C17H25N3O. The number of hydrogen-bond donors (Lipinski definition) is 1. The molecule has 21 heavy (non-hydrogen) atoms. The molecule has 0 unspecified atom stereocenters. The van der Waals surface area contributed by atoms with Crippen molar-refractivity contribution in [1.82, 2.24) is 9.80 Å². The van der Waals surface area contributed by atoms with Gasteiger partial charge in [-0.15, -0.1) is 0 Å². The van der Waals surface area contributed by atoms with Crippen LogP contribution in [-0.2, 0) is 11.2 Å². The minimum Gasteiger partial charge on any atom is -0.373 e. The van der Waals surface area contributed by atoms with Gasteiger partial charge in [-0.3, -0.25) is 9.69 Å². The number of benzene rings is 1. The molecule has 1 N–H and O–H groups in total. The molecule has 1 fully saturated rings. The van der Waals surface area contributed by atoms with Gasteiger partial charge in [0.2, 0.25) is 5.91 Å². The lowest BCUT2D eigenvalue weighted by Crippen LogP contribution is -2.56. The number of anilines is 1. The predicted octanol–water partition coefficient (Wildman–Crippen LogP) is 1.97. The van der Waals surface area contributed by atoms with Crippen LogP contribution in [0.3, 0.4) is 0 Å². The van der Waals surface area contributed by atoms with E-state index in [1.54, 1.807) is 0 Å². The van der Waals surface area contributed by atoms with E-state index in [0.717, 1.165) is 38.3 Å². The summed E-state index contributed by atoms with van der Waals surface area (Å²) < 4.78 is 0. The van der Waals surface area contributed by atoms with Crippen LogP contribution in [0.4, 0.5) is 5.69 Å². The van der Waals surface area contributed by atoms with E-state index in [1.807, 2.05) is 17.0 Å². The first-order chi connectivity index (χ1) is 9.95. The fourth-order valence-corrected chi connectivity index (χ4v) is 3.26. The van der Waals surface area contributed by atoms with Gasteiger partial charge in [0.05, 0.1) is 0 Å². The van der Waals surface area contributed by atoms with Gasteiger partial charge in [-0.25, -0.2) is 0 Å². The third-order valence-electron chi connectivity index (χ3n) is 4.61. The topological polar surface area (TPSA) is 35.6 Å². The summed E-state index contributed by atoms with van der Waals surface area (Å²) >= 11 is 0. The van der Waals surface area contributed by atoms with E-state index in [2.05, 4.69) is 43.1 Å². The van der Waals surface area contributed by atoms with Crippen LogP contribution in [0, 0.1) is 0 Å². The Morgan fingerprint density at radius 1 is 1.14 bits per heavy atom. The van der Waals surface area contributed by atoms with Crippen molar-refractivity contribution in [2.24, 2.45) is 0 Å². The Labute approximate surface area is 127 Å². The first kappa shape index (κ1) is 14.4. The molecular weight excluding hydrogens is 262 g/mol. The lowest BCUT2D eigenvalue weighted by molar-refractivity contribution is -0.134. The summed E-state index contributed by atoms with van der Waals surface area (Å²) in [6.45, 7) is 10.3. The number of rotatable bonds is 1. The second-order valence-corrected chi connectivity index (χ2v) is 7.04. The van der Waals surface area contributed by atoms with E-state index >= 15 is 0 Å². The molecule has 0 saturated carbocycles. The molecule has 114 valence electrons.